The predicted molar refractivity (Wildman–Crippen MR) is 140 cm³/mol. The van der Waals surface area contributed by atoms with Crippen LogP contribution in [0.4, 0.5) is 14.9 Å². The quantitative estimate of drug-likeness (QED) is 0.471. The number of anilines is 1. The zero-order valence-electron chi connectivity index (χ0n) is 20.9. The van der Waals surface area contributed by atoms with Crippen molar-refractivity contribution in [1.29, 1.82) is 5.26 Å². The number of aliphatic hydroxyl groups is 1. The maximum Gasteiger partial charge on any atom is 0.322 e. The van der Waals surface area contributed by atoms with Gasteiger partial charge in [-0.2, -0.15) is 5.26 Å². The number of nitrogens with one attached hydrogen (secondary N) is 1. The van der Waals surface area contributed by atoms with E-state index in [-0.39, 0.29) is 35.2 Å². The molecule has 0 radical (unpaired) electrons. The molecule has 2 aliphatic carbocycles. The summed E-state index contributed by atoms with van der Waals surface area (Å²) in [6.45, 7) is 6.02. The number of rotatable bonds is 9. The highest BCUT2D eigenvalue weighted by Gasteiger charge is 2.58. The van der Waals surface area contributed by atoms with E-state index in [2.05, 4.69) is 22.4 Å². The monoisotopic (exact) mass is 512 g/mol. The van der Waals surface area contributed by atoms with Crippen LogP contribution in [0.5, 0.6) is 0 Å². The lowest BCUT2D eigenvalue weighted by atomic mass is 9.80. The molecule has 36 heavy (non-hydrogen) atoms. The van der Waals surface area contributed by atoms with Crippen molar-refractivity contribution in [1.82, 2.24) is 9.80 Å². The second-order valence-corrected chi connectivity index (χ2v) is 10.5. The Balaban J connectivity index is 1.50. The highest BCUT2D eigenvalue weighted by Crippen LogP contribution is 2.62. The standard InChI is InChI=1S/C28H34ClFN4O2/c1-3-33(19(2)18-35)11-12-34(27(36)32-23-7-8-26(30)25(29)15-23)24-9-10-28(16-22(28)14-24)21-6-4-5-20(13-21)17-31/h4-8,13,15,19,22,24,35H,3,9-12,14,16,18H2,1-2H3,(H,32,36)/t19-,22?,24-,28-/m1/s1. The average Bonchev–Trinajstić information content (AvgIpc) is 3.63. The van der Waals surface area contributed by atoms with Crippen LogP contribution in [0.2, 0.25) is 5.02 Å². The zero-order valence-corrected chi connectivity index (χ0v) is 21.6. The lowest BCUT2D eigenvalue weighted by molar-refractivity contribution is 0.111. The van der Waals surface area contributed by atoms with Crippen LogP contribution in [0.15, 0.2) is 42.5 Å². The van der Waals surface area contributed by atoms with Crippen molar-refractivity contribution >= 4 is 23.3 Å². The van der Waals surface area contributed by atoms with E-state index in [9.17, 15) is 19.6 Å². The Labute approximate surface area is 217 Å². The summed E-state index contributed by atoms with van der Waals surface area (Å²) in [5, 5.41) is 21.8. The normalized spacial score (nSPS) is 23.5. The number of nitrogens with zero attached hydrogens (tertiary/aromatic N) is 3. The van der Waals surface area contributed by atoms with Gasteiger partial charge in [-0.15, -0.1) is 0 Å². The second kappa shape index (κ2) is 11.2. The first-order valence-corrected chi connectivity index (χ1v) is 13.1. The molecule has 192 valence electrons. The van der Waals surface area contributed by atoms with Gasteiger partial charge in [0.05, 0.1) is 23.3 Å². The Morgan fingerprint density at radius 2 is 2.14 bits per heavy atom. The second-order valence-electron chi connectivity index (χ2n) is 10.1. The van der Waals surface area contributed by atoms with Gasteiger partial charge < -0.3 is 15.3 Å². The summed E-state index contributed by atoms with van der Waals surface area (Å²) in [5.41, 5.74) is 2.48. The van der Waals surface area contributed by atoms with E-state index in [1.807, 2.05) is 36.9 Å². The summed E-state index contributed by atoms with van der Waals surface area (Å²) in [6, 6.07) is 14.2. The highest BCUT2D eigenvalue weighted by atomic mass is 35.5. The van der Waals surface area contributed by atoms with Gasteiger partial charge in [0.1, 0.15) is 5.82 Å². The molecule has 0 saturated heterocycles. The third kappa shape index (κ3) is 5.51. The first-order valence-electron chi connectivity index (χ1n) is 12.7. The number of amides is 2. The summed E-state index contributed by atoms with van der Waals surface area (Å²) in [6.07, 6.45) is 3.81. The summed E-state index contributed by atoms with van der Waals surface area (Å²) in [5.74, 6) is -0.0553. The van der Waals surface area contributed by atoms with E-state index in [1.54, 1.807) is 0 Å². The topological polar surface area (TPSA) is 79.6 Å². The van der Waals surface area contributed by atoms with Crippen molar-refractivity contribution in [3.63, 3.8) is 0 Å². The molecular weight excluding hydrogens is 479 g/mol. The smallest absolute Gasteiger partial charge is 0.322 e. The first kappa shape index (κ1) is 26.4. The van der Waals surface area contributed by atoms with Crippen molar-refractivity contribution in [2.24, 2.45) is 5.92 Å². The molecule has 0 spiro atoms. The third-order valence-electron chi connectivity index (χ3n) is 8.07. The van der Waals surface area contributed by atoms with Crippen molar-refractivity contribution in [2.75, 3.05) is 31.6 Å². The molecule has 2 aromatic carbocycles. The minimum atomic E-state index is -0.527. The van der Waals surface area contributed by atoms with Crippen LogP contribution in [0.1, 0.15) is 50.7 Å². The van der Waals surface area contributed by atoms with Gasteiger partial charge in [-0.3, -0.25) is 4.90 Å². The number of urea groups is 1. The summed E-state index contributed by atoms with van der Waals surface area (Å²) < 4.78 is 13.6. The molecule has 2 aliphatic rings. The highest BCUT2D eigenvalue weighted by molar-refractivity contribution is 6.31. The number of carbonyl (C=O) groups excluding carboxylic acids is 1. The minimum absolute atomic E-state index is 0.00525. The lowest BCUT2D eigenvalue weighted by Crippen LogP contribution is -2.49. The molecule has 8 heteroatoms. The predicted octanol–water partition coefficient (Wildman–Crippen LogP) is 5.40. The number of nitriles is 1. The number of aliphatic hydroxyl groups excluding tert-OH is 1. The zero-order chi connectivity index (χ0) is 25.9. The summed E-state index contributed by atoms with van der Waals surface area (Å²) >= 11 is 5.93. The van der Waals surface area contributed by atoms with Crippen LogP contribution in [0.25, 0.3) is 0 Å². The van der Waals surface area contributed by atoms with Crippen molar-refractivity contribution in [3.05, 3.63) is 64.4 Å². The van der Waals surface area contributed by atoms with E-state index in [0.29, 0.717) is 30.3 Å². The number of carbonyl (C=O) groups is 1. The third-order valence-corrected chi connectivity index (χ3v) is 8.36. The SMILES string of the molecule is CCN(CCN(C(=O)Nc1ccc(F)c(Cl)c1)[C@@H]1CC[C@]2(c3cccc(C#N)c3)CC2C1)[C@H](C)CO. The van der Waals surface area contributed by atoms with Gasteiger partial charge in [-0.25, -0.2) is 9.18 Å². The average molecular weight is 513 g/mol. The van der Waals surface area contributed by atoms with E-state index in [4.69, 9.17) is 11.6 Å². The molecule has 1 unspecified atom stereocenters. The molecule has 2 saturated carbocycles. The number of likely N-dealkylation sites (N-methyl/N-ethyl adjacent to an activating group) is 1. The molecule has 6 nitrogen and oxygen atoms in total. The maximum absolute atomic E-state index is 13.6. The van der Waals surface area contributed by atoms with Gasteiger partial charge in [0.2, 0.25) is 0 Å². The molecule has 2 amide bonds. The fourth-order valence-corrected chi connectivity index (χ4v) is 5.99. The van der Waals surface area contributed by atoms with Gasteiger partial charge >= 0.3 is 6.03 Å². The van der Waals surface area contributed by atoms with Gasteiger partial charge in [0.25, 0.3) is 0 Å². The van der Waals surface area contributed by atoms with Gasteiger partial charge in [-0.1, -0.05) is 30.7 Å². The molecule has 0 bridgehead atoms. The van der Waals surface area contributed by atoms with Crippen molar-refractivity contribution in [3.8, 4) is 6.07 Å². The van der Waals surface area contributed by atoms with Gasteiger partial charge in [0, 0.05) is 30.9 Å². The van der Waals surface area contributed by atoms with Crippen molar-refractivity contribution in [2.45, 2.75) is 57.0 Å². The van der Waals surface area contributed by atoms with Crippen molar-refractivity contribution < 1.29 is 14.3 Å². The molecule has 2 N–H and O–H groups in total. The Hall–Kier alpha value is -2.66. The number of hydrogen-bond donors (Lipinski definition) is 2. The van der Waals surface area contributed by atoms with Crippen LogP contribution in [0, 0.1) is 23.1 Å². The fourth-order valence-electron chi connectivity index (χ4n) is 5.81. The Bertz CT molecular complexity index is 1140. The Morgan fingerprint density at radius 1 is 1.33 bits per heavy atom. The maximum atomic E-state index is 13.6. The molecule has 2 fully saturated rings. The molecule has 4 atom stereocenters. The van der Waals surface area contributed by atoms with Crippen LogP contribution < -0.4 is 5.32 Å². The fraction of sp³-hybridized carbons (Fsp3) is 0.500. The summed E-state index contributed by atoms with van der Waals surface area (Å²) in [4.78, 5) is 17.5. The number of fused-ring (bicyclic) bond motifs is 1. The molecule has 0 aliphatic heterocycles. The molecular formula is C28H34ClFN4O2. The van der Waals surface area contributed by atoms with Gasteiger partial charge in [-0.05, 0) is 86.4 Å². The van der Waals surface area contributed by atoms with E-state index in [1.165, 1.54) is 23.8 Å². The van der Waals surface area contributed by atoms with Gasteiger partial charge in [0.15, 0.2) is 0 Å². The minimum Gasteiger partial charge on any atom is -0.395 e. The van der Waals surface area contributed by atoms with E-state index >= 15 is 0 Å². The molecule has 0 heterocycles. The molecule has 2 aromatic rings. The molecule has 0 aromatic heterocycles. The first-order chi connectivity index (χ1) is 17.3. The van der Waals surface area contributed by atoms with Crippen LogP contribution >= 0.6 is 11.6 Å². The Kier molecular flexibility index (Phi) is 8.19. The van der Waals surface area contributed by atoms with Crippen LogP contribution in [-0.4, -0.2) is 59.3 Å². The van der Waals surface area contributed by atoms with Crippen LogP contribution in [-0.2, 0) is 5.41 Å². The number of benzene rings is 2. The summed E-state index contributed by atoms with van der Waals surface area (Å²) in [7, 11) is 0. The molecule has 4 rings (SSSR count). The Morgan fingerprint density at radius 3 is 2.81 bits per heavy atom. The number of halogens is 2. The number of hydrogen-bond acceptors (Lipinski definition) is 4. The largest absolute Gasteiger partial charge is 0.395 e. The lowest BCUT2D eigenvalue weighted by Gasteiger charge is -2.38. The van der Waals surface area contributed by atoms with Crippen LogP contribution in [0.3, 0.4) is 0 Å². The van der Waals surface area contributed by atoms with E-state index < -0.39 is 5.82 Å². The van der Waals surface area contributed by atoms with E-state index in [0.717, 1.165) is 32.2 Å².